The molecule has 0 bridgehead atoms. The Morgan fingerprint density at radius 1 is 1.16 bits per heavy atom. The highest BCUT2D eigenvalue weighted by molar-refractivity contribution is 5.97. The summed E-state index contributed by atoms with van der Waals surface area (Å²) in [5.74, 6) is 0.548. The van der Waals surface area contributed by atoms with Crippen LogP contribution >= 0.6 is 0 Å². The van der Waals surface area contributed by atoms with Crippen molar-refractivity contribution < 1.29 is 9.32 Å². The van der Waals surface area contributed by atoms with Crippen molar-refractivity contribution in [3.63, 3.8) is 0 Å². The number of benzene rings is 2. The molecule has 25 heavy (non-hydrogen) atoms. The van der Waals surface area contributed by atoms with Gasteiger partial charge in [0.25, 0.3) is 5.91 Å². The van der Waals surface area contributed by atoms with Crippen LogP contribution in [-0.4, -0.2) is 33.0 Å². The maximum atomic E-state index is 12.6. The van der Waals surface area contributed by atoms with Crippen LogP contribution in [0, 0.1) is 0 Å². The Kier molecular flexibility index (Phi) is 3.78. The molecule has 0 spiro atoms. The molecule has 6 heteroatoms. The van der Waals surface area contributed by atoms with E-state index in [4.69, 9.17) is 4.52 Å². The zero-order valence-corrected chi connectivity index (χ0v) is 13.6. The van der Waals surface area contributed by atoms with Gasteiger partial charge in [-0.2, -0.15) is 0 Å². The molecule has 0 aliphatic rings. The van der Waals surface area contributed by atoms with Gasteiger partial charge in [-0.1, -0.05) is 35.5 Å². The van der Waals surface area contributed by atoms with Crippen molar-refractivity contribution in [3.8, 4) is 11.3 Å². The molecular formula is C19H16N4O2. The highest BCUT2D eigenvalue weighted by atomic mass is 16.5. The summed E-state index contributed by atoms with van der Waals surface area (Å²) in [5.41, 5.74) is 4.01. The minimum Gasteiger partial charge on any atom is -0.359 e. The monoisotopic (exact) mass is 332 g/mol. The van der Waals surface area contributed by atoms with Crippen LogP contribution in [-0.2, 0) is 6.54 Å². The van der Waals surface area contributed by atoms with Crippen LogP contribution in [0.15, 0.2) is 65.4 Å². The van der Waals surface area contributed by atoms with Crippen molar-refractivity contribution in [1.82, 2.24) is 20.0 Å². The number of carbonyl (C=O) groups is 1. The summed E-state index contributed by atoms with van der Waals surface area (Å²) in [6.45, 7) is 0.347. The molecule has 2 aromatic carbocycles. The lowest BCUT2D eigenvalue weighted by molar-refractivity contribution is 0.0772. The number of fused-ring (bicyclic) bond motifs is 1. The van der Waals surface area contributed by atoms with E-state index in [0.29, 0.717) is 17.9 Å². The van der Waals surface area contributed by atoms with Crippen molar-refractivity contribution in [1.29, 1.82) is 0 Å². The molecule has 0 aliphatic carbocycles. The van der Waals surface area contributed by atoms with Crippen LogP contribution < -0.4 is 0 Å². The first kappa shape index (κ1) is 15.1. The van der Waals surface area contributed by atoms with E-state index in [9.17, 15) is 4.79 Å². The molecule has 2 heterocycles. The first-order valence-corrected chi connectivity index (χ1v) is 7.90. The number of nitrogens with zero attached hydrogens (tertiary/aromatic N) is 3. The normalized spacial score (nSPS) is 10.9. The van der Waals surface area contributed by atoms with Gasteiger partial charge in [-0.05, 0) is 18.2 Å². The third kappa shape index (κ3) is 3.01. The van der Waals surface area contributed by atoms with Crippen LogP contribution in [0.25, 0.3) is 22.3 Å². The predicted molar refractivity (Wildman–Crippen MR) is 93.8 cm³/mol. The van der Waals surface area contributed by atoms with E-state index < -0.39 is 0 Å². The lowest BCUT2D eigenvalue weighted by Gasteiger charge is -2.15. The summed E-state index contributed by atoms with van der Waals surface area (Å²) in [6, 6.07) is 17.1. The Morgan fingerprint density at radius 3 is 2.84 bits per heavy atom. The molecule has 0 saturated carbocycles. The molecule has 0 saturated heterocycles. The molecule has 0 aliphatic heterocycles. The van der Waals surface area contributed by atoms with E-state index in [1.54, 1.807) is 30.4 Å². The lowest BCUT2D eigenvalue weighted by Crippen LogP contribution is -2.25. The average molecular weight is 332 g/mol. The summed E-state index contributed by atoms with van der Waals surface area (Å²) in [6.07, 6.45) is 1.61. The fourth-order valence-corrected chi connectivity index (χ4v) is 2.73. The van der Waals surface area contributed by atoms with E-state index in [1.165, 1.54) is 0 Å². The van der Waals surface area contributed by atoms with Crippen LogP contribution in [0.4, 0.5) is 0 Å². The van der Waals surface area contributed by atoms with E-state index in [-0.39, 0.29) is 5.91 Å². The zero-order chi connectivity index (χ0) is 17.2. The van der Waals surface area contributed by atoms with E-state index in [1.807, 2.05) is 42.5 Å². The maximum absolute atomic E-state index is 12.6. The average Bonchev–Trinajstić information content (AvgIpc) is 3.30. The number of amides is 1. The molecule has 2 aromatic heterocycles. The first-order valence-electron chi connectivity index (χ1n) is 7.90. The number of hydrogen-bond donors (Lipinski definition) is 1. The number of H-pyrrole nitrogens is 1. The molecule has 0 radical (unpaired) electrons. The summed E-state index contributed by atoms with van der Waals surface area (Å²) in [5, 5.41) is 4.08. The van der Waals surface area contributed by atoms with Crippen molar-refractivity contribution in [2.45, 2.75) is 6.54 Å². The molecule has 6 nitrogen and oxygen atoms in total. The van der Waals surface area contributed by atoms with Gasteiger partial charge in [-0.15, -0.1) is 0 Å². The molecule has 1 N–H and O–H groups in total. The Labute approximate surface area is 144 Å². The summed E-state index contributed by atoms with van der Waals surface area (Å²) >= 11 is 0. The molecule has 4 rings (SSSR count). The fraction of sp³-hybridized carbons (Fsp3) is 0.105. The number of hydrogen-bond acceptors (Lipinski definition) is 4. The van der Waals surface area contributed by atoms with Gasteiger partial charge in [-0.3, -0.25) is 4.79 Å². The van der Waals surface area contributed by atoms with Gasteiger partial charge in [0.15, 0.2) is 5.76 Å². The molecule has 124 valence electrons. The minimum absolute atomic E-state index is 0.0887. The van der Waals surface area contributed by atoms with Gasteiger partial charge in [0.2, 0.25) is 0 Å². The minimum atomic E-state index is -0.0887. The highest BCUT2D eigenvalue weighted by Gasteiger charge is 2.16. The second kappa shape index (κ2) is 6.24. The summed E-state index contributed by atoms with van der Waals surface area (Å²) in [7, 11) is 1.74. The first-order chi connectivity index (χ1) is 12.2. The van der Waals surface area contributed by atoms with Crippen molar-refractivity contribution >= 4 is 16.9 Å². The smallest absolute Gasteiger partial charge is 0.254 e. The Bertz CT molecular complexity index is 1020. The number of carbonyl (C=O) groups excluding carboxylic acids is 1. The van der Waals surface area contributed by atoms with E-state index >= 15 is 0 Å². The maximum Gasteiger partial charge on any atom is 0.254 e. The van der Waals surface area contributed by atoms with Gasteiger partial charge in [-0.25, -0.2) is 4.98 Å². The van der Waals surface area contributed by atoms with Crippen molar-refractivity contribution in [3.05, 3.63) is 72.2 Å². The van der Waals surface area contributed by atoms with Crippen LogP contribution in [0.2, 0.25) is 0 Å². The van der Waals surface area contributed by atoms with Gasteiger partial charge >= 0.3 is 0 Å². The standard InChI is InChI=1S/C19H16N4O2/c1-23(19(24)14-7-8-16-18(9-14)21-12-20-16)11-15-10-17(22-25-15)13-5-3-2-4-6-13/h2-10,12H,11H2,1H3,(H,20,21). The molecule has 0 atom stereocenters. The van der Waals surface area contributed by atoms with Crippen LogP contribution in [0.5, 0.6) is 0 Å². The quantitative estimate of drug-likeness (QED) is 0.621. The molecule has 0 fully saturated rings. The Hall–Kier alpha value is -3.41. The topological polar surface area (TPSA) is 75.0 Å². The van der Waals surface area contributed by atoms with Gasteiger partial charge in [0, 0.05) is 24.2 Å². The highest BCUT2D eigenvalue weighted by Crippen LogP contribution is 2.20. The summed E-state index contributed by atoms with van der Waals surface area (Å²) < 4.78 is 5.37. The lowest BCUT2D eigenvalue weighted by atomic mass is 10.1. The molecule has 1 amide bonds. The largest absolute Gasteiger partial charge is 0.359 e. The number of rotatable bonds is 4. The van der Waals surface area contributed by atoms with Gasteiger partial charge in [0.1, 0.15) is 5.69 Å². The molecule has 0 unspecified atom stereocenters. The second-order valence-electron chi connectivity index (χ2n) is 5.84. The second-order valence-corrected chi connectivity index (χ2v) is 5.84. The fourth-order valence-electron chi connectivity index (χ4n) is 2.73. The van der Waals surface area contributed by atoms with E-state index in [0.717, 1.165) is 22.3 Å². The van der Waals surface area contributed by atoms with Crippen LogP contribution in [0.3, 0.4) is 0 Å². The molecule has 4 aromatic rings. The number of nitrogens with one attached hydrogen (secondary N) is 1. The van der Waals surface area contributed by atoms with Gasteiger partial charge < -0.3 is 14.4 Å². The Morgan fingerprint density at radius 2 is 2.00 bits per heavy atom. The van der Waals surface area contributed by atoms with Crippen LogP contribution in [0.1, 0.15) is 16.1 Å². The Balaban J connectivity index is 1.50. The third-order valence-electron chi connectivity index (χ3n) is 4.04. The van der Waals surface area contributed by atoms with E-state index in [2.05, 4.69) is 15.1 Å². The number of aromatic nitrogens is 3. The van der Waals surface area contributed by atoms with Crippen molar-refractivity contribution in [2.75, 3.05) is 7.05 Å². The zero-order valence-electron chi connectivity index (χ0n) is 13.6. The van der Waals surface area contributed by atoms with Crippen molar-refractivity contribution in [2.24, 2.45) is 0 Å². The summed E-state index contributed by atoms with van der Waals surface area (Å²) in [4.78, 5) is 21.4. The van der Waals surface area contributed by atoms with Gasteiger partial charge in [0.05, 0.1) is 23.9 Å². The number of imidazole rings is 1. The SMILES string of the molecule is CN(Cc1cc(-c2ccccc2)no1)C(=O)c1ccc2nc[nH]c2c1. The predicted octanol–water partition coefficient (Wildman–Crippen LogP) is 3.49. The number of aromatic amines is 1. The third-order valence-corrected chi connectivity index (χ3v) is 4.04. The molecular weight excluding hydrogens is 316 g/mol.